The molecule has 4 rings (SSSR count). The minimum absolute atomic E-state index is 0.125. The van der Waals surface area contributed by atoms with E-state index in [-0.39, 0.29) is 12.5 Å². The van der Waals surface area contributed by atoms with E-state index in [1.54, 1.807) is 17.3 Å². The Morgan fingerprint density at radius 1 is 1.35 bits per heavy atom. The second-order valence-corrected chi connectivity index (χ2v) is 11.2. The van der Waals surface area contributed by atoms with Gasteiger partial charge in [-0.25, -0.2) is 17.7 Å². The summed E-state index contributed by atoms with van der Waals surface area (Å²) in [6.45, 7) is 2.86. The van der Waals surface area contributed by atoms with Crippen molar-refractivity contribution >= 4 is 54.2 Å². The lowest BCUT2D eigenvalue weighted by molar-refractivity contribution is -0.123. The van der Waals surface area contributed by atoms with Crippen LogP contribution in [0.5, 0.6) is 0 Å². The Morgan fingerprint density at radius 3 is 2.87 bits per heavy atom. The third-order valence-electron chi connectivity index (χ3n) is 5.50. The average Bonchev–Trinajstić information content (AvgIpc) is 3.19. The molecule has 0 spiro atoms. The second-order valence-electron chi connectivity index (χ2n) is 7.76. The van der Waals surface area contributed by atoms with E-state index in [1.165, 1.54) is 21.9 Å². The molecule has 1 amide bonds. The number of sulfonamides is 1. The lowest BCUT2D eigenvalue weighted by atomic mass is 9.98. The summed E-state index contributed by atoms with van der Waals surface area (Å²) in [6.07, 6.45) is 5.89. The van der Waals surface area contributed by atoms with Crippen molar-refractivity contribution < 1.29 is 13.2 Å². The van der Waals surface area contributed by atoms with E-state index in [4.69, 9.17) is 16.6 Å². The van der Waals surface area contributed by atoms with Gasteiger partial charge < -0.3 is 0 Å². The molecule has 1 saturated heterocycles. The van der Waals surface area contributed by atoms with Crippen LogP contribution in [-0.2, 0) is 21.4 Å². The summed E-state index contributed by atoms with van der Waals surface area (Å²) in [5.41, 5.74) is 2.52. The van der Waals surface area contributed by atoms with Crippen LogP contribution in [-0.4, -0.2) is 47.9 Å². The Kier molecular flexibility index (Phi) is 6.30. The number of carbonyl (C=O) groups is 1. The van der Waals surface area contributed by atoms with Gasteiger partial charge in [-0.15, -0.1) is 0 Å². The molecule has 0 bridgehead atoms. The maximum Gasteiger partial charge on any atom is 0.233 e. The molecule has 164 valence electrons. The Hall–Kier alpha value is -2.07. The van der Waals surface area contributed by atoms with Gasteiger partial charge in [-0.05, 0) is 49.1 Å². The molecule has 2 aromatic heterocycles. The number of fused-ring (bicyclic) bond motifs is 1. The van der Waals surface area contributed by atoms with Crippen molar-refractivity contribution in [2.75, 3.05) is 24.2 Å². The lowest BCUT2D eigenvalue weighted by Gasteiger charge is -2.33. The first-order valence-electron chi connectivity index (χ1n) is 9.95. The summed E-state index contributed by atoms with van der Waals surface area (Å²) in [5.74, 6) is -0.545. The second kappa shape index (κ2) is 8.82. The quantitative estimate of drug-likeness (QED) is 0.556. The van der Waals surface area contributed by atoms with Crippen LogP contribution >= 0.6 is 22.9 Å². The first-order chi connectivity index (χ1) is 14.7. The predicted octanol–water partition coefficient (Wildman–Crippen LogP) is 3.86. The standard InChI is InChI=1S/C21H23ClN4O3S2/c1-14-17(22)7-8-18-19(14)24-21(30-18)26(12-15-5-3-9-23-11-15)20(27)16-6-4-10-25(13-16)31(2,28)29/h3,5,7-9,11,16H,4,6,10,12-13H2,1-2H3. The third-order valence-corrected chi connectivity index (χ3v) is 8.22. The number of hydrogen-bond acceptors (Lipinski definition) is 6. The van der Waals surface area contributed by atoms with Gasteiger partial charge in [0.15, 0.2) is 5.13 Å². The highest BCUT2D eigenvalue weighted by Gasteiger charge is 2.34. The van der Waals surface area contributed by atoms with Gasteiger partial charge in [0.1, 0.15) is 0 Å². The van der Waals surface area contributed by atoms with Crippen molar-refractivity contribution in [3.63, 3.8) is 0 Å². The van der Waals surface area contributed by atoms with Crippen LogP contribution < -0.4 is 4.90 Å². The third kappa shape index (κ3) is 4.74. The number of aryl methyl sites for hydroxylation is 1. The van der Waals surface area contributed by atoms with Crippen molar-refractivity contribution in [2.45, 2.75) is 26.3 Å². The van der Waals surface area contributed by atoms with Crippen molar-refractivity contribution in [1.82, 2.24) is 14.3 Å². The number of piperidine rings is 1. The molecule has 1 fully saturated rings. The minimum atomic E-state index is -3.35. The van der Waals surface area contributed by atoms with E-state index in [0.717, 1.165) is 21.3 Å². The first kappa shape index (κ1) is 22.1. The molecule has 1 aliphatic rings. The summed E-state index contributed by atoms with van der Waals surface area (Å²) in [4.78, 5) is 24.2. The summed E-state index contributed by atoms with van der Waals surface area (Å²) in [5, 5.41) is 1.20. The monoisotopic (exact) mass is 478 g/mol. The largest absolute Gasteiger partial charge is 0.283 e. The first-order valence-corrected chi connectivity index (χ1v) is 13.0. The Labute approximate surface area is 190 Å². The maximum absolute atomic E-state index is 13.6. The van der Waals surface area contributed by atoms with E-state index in [1.807, 2.05) is 31.2 Å². The van der Waals surface area contributed by atoms with Gasteiger partial charge in [-0.3, -0.25) is 14.7 Å². The predicted molar refractivity (Wildman–Crippen MR) is 124 cm³/mol. The summed E-state index contributed by atoms with van der Waals surface area (Å²) >= 11 is 7.69. The number of amides is 1. The maximum atomic E-state index is 13.6. The normalized spacial score (nSPS) is 17.7. The molecule has 31 heavy (non-hydrogen) atoms. The average molecular weight is 479 g/mol. The van der Waals surface area contributed by atoms with Crippen LogP contribution in [0, 0.1) is 12.8 Å². The van der Waals surface area contributed by atoms with Gasteiger partial charge in [0.2, 0.25) is 15.9 Å². The Bertz CT molecular complexity index is 1210. The molecule has 1 unspecified atom stereocenters. The van der Waals surface area contributed by atoms with Gasteiger partial charge in [0.25, 0.3) is 0 Å². The molecule has 1 aliphatic heterocycles. The molecule has 0 aliphatic carbocycles. The van der Waals surface area contributed by atoms with Gasteiger partial charge >= 0.3 is 0 Å². The minimum Gasteiger partial charge on any atom is -0.283 e. The van der Waals surface area contributed by atoms with Gasteiger partial charge in [-0.2, -0.15) is 0 Å². The van der Waals surface area contributed by atoms with E-state index in [2.05, 4.69) is 4.98 Å². The Balaban J connectivity index is 1.71. The number of anilines is 1. The zero-order valence-corrected chi connectivity index (χ0v) is 19.7. The number of halogens is 1. The zero-order chi connectivity index (χ0) is 22.2. The highest BCUT2D eigenvalue weighted by molar-refractivity contribution is 7.88. The van der Waals surface area contributed by atoms with Gasteiger partial charge in [0, 0.05) is 30.5 Å². The highest BCUT2D eigenvalue weighted by Crippen LogP contribution is 2.35. The molecular formula is C21H23ClN4O3S2. The summed E-state index contributed by atoms with van der Waals surface area (Å²) in [6, 6.07) is 7.48. The smallest absolute Gasteiger partial charge is 0.233 e. The van der Waals surface area contributed by atoms with E-state index >= 15 is 0 Å². The summed E-state index contributed by atoms with van der Waals surface area (Å²) in [7, 11) is -3.35. The van der Waals surface area contributed by atoms with E-state index in [0.29, 0.717) is 36.1 Å². The number of carbonyl (C=O) groups excluding carboxylic acids is 1. The van der Waals surface area contributed by atoms with Crippen molar-refractivity contribution in [3.8, 4) is 0 Å². The highest BCUT2D eigenvalue weighted by atomic mass is 35.5. The SMILES string of the molecule is Cc1c(Cl)ccc2sc(N(Cc3cccnc3)C(=O)C3CCCN(S(C)(=O)=O)C3)nc12. The van der Waals surface area contributed by atoms with Crippen LogP contribution in [0.25, 0.3) is 10.2 Å². The van der Waals surface area contributed by atoms with Crippen LogP contribution in [0.2, 0.25) is 5.02 Å². The summed E-state index contributed by atoms with van der Waals surface area (Å²) < 4.78 is 26.4. The fourth-order valence-electron chi connectivity index (χ4n) is 3.78. The molecule has 3 aromatic rings. The topological polar surface area (TPSA) is 83.5 Å². The molecule has 0 radical (unpaired) electrons. The number of thiazole rings is 1. The van der Waals surface area contributed by atoms with Crippen LogP contribution in [0.1, 0.15) is 24.0 Å². The Morgan fingerprint density at radius 2 is 2.16 bits per heavy atom. The molecule has 10 heteroatoms. The van der Waals surface area contributed by atoms with Crippen LogP contribution in [0.3, 0.4) is 0 Å². The zero-order valence-electron chi connectivity index (χ0n) is 17.3. The van der Waals surface area contributed by atoms with Crippen molar-refractivity contribution in [3.05, 3.63) is 52.8 Å². The van der Waals surface area contributed by atoms with Gasteiger partial charge in [-0.1, -0.05) is 29.0 Å². The fourth-order valence-corrected chi connectivity index (χ4v) is 5.88. The number of pyridine rings is 1. The van der Waals surface area contributed by atoms with E-state index in [9.17, 15) is 13.2 Å². The number of hydrogen-bond donors (Lipinski definition) is 0. The van der Waals surface area contributed by atoms with E-state index < -0.39 is 15.9 Å². The van der Waals surface area contributed by atoms with Crippen LogP contribution in [0.4, 0.5) is 5.13 Å². The molecule has 1 atom stereocenters. The molecule has 0 saturated carbocycles. The molecule has 7 nitrogen and oxygen atoms in total. The number of aromatic nitrogens is 2. The number of benzene rings is 1. The molecule has 3 heterocycles. The molecule has 0 N–H and O–H groups in total. The molecule has 1 aromatic carbocycles. The van der Waals surface area contributed by atoms with Crippen molar-refractivity contribution in [2.24, 2.45) is 5.92 Å². The van der Waals surface area contributed by atoms with Crippen LogP contribution in [0.15, 0.2) is 36.7 Å². The van der Waals surface area contributed by atoms with Gasteiger partial charge in [0.05, 0.1) is 28.9 Å². The number of nitrogens with zero attached hydrogens (tertiary/aromatic N) is 4. The van der Waals surface area contributed by atoms with Crippen molar-refractivity contribution in [1.29, 1.82) is 0 Å². The number of rotatable bonds is 5. The fraction of sp³-hybridized carbons (Fsp3) is 0.381. The molecular weight excluding hydrogens is 456 g/mol. The lowest BCUT2D eigenvalue weighted by Crippen LogP contribution is -2.46.